The van der Waals surface area contributed by atoms with Gasteiger partial charge in [-0.05, 0) is 37.6 Å². The maximum Gasteiger partial charge on any atom is 0.237 e. The van der Waals surface area contributed by atoms with E-state index in [2.05, 4.69) is 15.3 Å². The molecular weight excluding hydrogens is 432 g/mol. The van der Waals surface area contributed by atoms with Gasteiger partial charge in [-0.15, -0.1) is 0 Å². The molecule has 1 amide bonds. The third-order valence-electron chi connectivity index (χ3n) is 5.13. The van der Waals surface area contributed by atoms with Gasteiger partial charge in [-0.3, -0.25) is 4.79 Å². The summed E-state index contributed by atoms with van der Waals surface area (Å²) < 4.78 is 24.1. The van der Waals surface area contributed by atoms with E-state index in [1.165, 1.54) is 11.8 Å². The van der Waals surface area contributed by atoms with Crippen LogP contribution in [0.3, 0.4) is 0 Å². The highest BCUT2D eigenvalue weighted by molar-refractivity contribution is 7.99. The number of thioether (sulfide) groups is 1. The number of amides is 1. The molecule has 31 heavy (non-hydrogen) atoms. The Bertz CT molecular complexity index is 1190. The van der Waals surface area contributed by atoms with E-state index in [1.807, 2.05) is 61.5 Å². The summed E-state index contributed by atoms with van der Waals surface area (Å²) in [5.41, 5.74) is 1.52. The standard InChI is InChI=1S/C22H24N4O3S2/c1-2-23-21-18-10-6-7-11-19(18)24-22(25-21)30-14-20(27)26(16-8-4-3-5-9-16)17-12-13-31(28,29)15-17/h3-11,17H,2,12-15H2,1H3,(H,23,24,25)/t17-/m1/s1. The smallest absolute Gasteiger partial charge is 0.237 e. The van der Waals surface area contributed by atoms with Gasteiger partial charge in [-0.1, -0.05) is 42.1 Å². The molecule has 3 aromatic rings. The van der Waals surface area contributed by atoms with Crippen molar-refractivity contribution in [3.05, 3.63) is 54.6 Å². The summed E-state index contributed by atoms with van der Waals surface area (Å²) in [5.74, 6) is 0.816. The normalized spacial score (nSPS) is 17.5. The zero-order valence-corrected chi connectivity index (χ0v) is 18.8. The lowest BCUT2D eigenvalue weighted by atomic mass is 10.2. The second-order valence-corrected chi connectivity index (χ2v) is 10.5. The van der Waals surface area contributed by atoms with E-state index in [0.717, 1.165) is 23.3 Å². The molecule has 0 radical (unpaired) electrons. The van der Waals surface area contributed by atoms with Crippen molar-refractivity contribution in [2.45, 2.75) is 24.5 Å². The molecule has 0 saturated carbocycles. The Kier molecular flexibility index (Phi) is 6.43. The summed E-state index contributed by atoms with van der Waals surface area (Å²) >= 11 is 1.26. The van der Waals surface area contributed by atoms with Crippen LogP contribution in [0.25, 0.3) is 10.9 Å². The second kappa shape index (κ2) is 9.23. The number of carbonyl (C=O) groups excluding carboxylic acids is 1. The molecule has 2 aromatic carbocycles. The molecule has 1 fully saturated rings. The molecule has 1 N–H and O–H groups in total. The fraction of sp³-hybridized carbons (Fsp3) is 0.318. The third-order valence-corrected chi connectivity index (χ3v) is 7.71. The first-order valence-electron chi connectivity index (χ1n) is 10.2. The number of sulfone groups is 1. The topological polar surface area (TPSA) is 92.3 Å². The van der Waals surface area contributed by atoms with Gasteiger partial charge in [0.25, 0.3) is 0 Å². The molecule has 1 aromatic heterocycles. The van der Waals surface area contributed by atoms with E-state index in [4.69, 9.17) is 0 Å². The molecule has 2 heterocycles. The molecular formula is C22H24N4O3S2. The van der Waals surface area contributed by atoms with E-state index in [9.17, 15) is 13.2 Å². The number of hydrogen-bond acceptors (Lipinski definition) is 7. The highest BCUT2D eigenvalue weighted by Gasteiger charge is 2.35. The van der Waals surface area contributed by atoms with Crippen LogP contribution in [-0.4, -0.2) is 54.1 Å². The Morgan fingerprint density at radius 1 is 1.13 bits per heavy atom. The summed E-state index contributed by atoms with van der Waals surface area (Å²) in [5, 5.41) is 4.70. The Labute approximate surface area is 186 Å². The maximum absolute atomic E-state index is 13.2. The van der Waals surface area contributed by atoms with Gasteiger partial charge in [0.1, 0.15) is 5.82 Å². The number of rotatable bonds is 7. The van der Waals surface area contributed by atoms with E-state index >= 15 is 0 Å². The zero-order valence-electron chi connectivity index (χ0n) is 17.2. The van der Waals surface area contributed by atoms with E-state index in [1.54, 1.807) is 4.90 Å². The maximum atomic E-state index is 13.2. The van der Waals surface area contributed by atoms with Crippen LogP contribution in [0, 0.1) is 0 Å². The zero-order chi connectivity index (χ0) is 21.8. The predicted octanol–water partition coefficient (Wildman–Crippen LogP) is 3.37. The molecule has 162 valence electrons. The van der Waals surface area contributed by atoms with Crippen LogP contribution in [0.2, 0.25) is 0 Å². The molecule has 9 heteroatoms. The summed E-state index contributed by atoms with van der Waals surface area (Å²) in [6.07, 6.45) is 0.449. The molecule has 0 bridgehead atoms. The van der Waals surface area contributed by atoms with Gasteiger partial charge in [-0.25, -0.2) is 18.4 Å². The fourth-order valence-corrected chi connectivity index (χ4v) is 6.15. The number of para-hydroxylation sites is 2. The molecule has 1 aliphatic rings. The van der Waals surface area contributed by atoms with Crippen LogP contribution in [0.15, 0.2) is 59.8 Å². The first-order valence-corrected chi connectivity index (χ1v) is 13.0. The van der Waals surface area contributed by atoms with Crippen molar-refractivity contribution in [2.75, 3.05) is 34.0 Å². The number of nitrogens with one attached hydrogen (secondary N) is 1. The quantitative estimate of drug-likeness (QED) is 0.430. The summed E-state index contributed by atoms with van der Waals surface area (Å²) in [7, 11) is -3.12. The van der Waals surface area contributed by atoms with Crippen molar-refractivity contribution >= 4 is 49.9 Å². The van der Waals surface area contributed by atoms with Crippen molar-refractivity contribution in [2.24, 2.45) is 0 Å². The van der Waals surface area contributed by atoms with Crippen LogP contribution in [0.4, 0.5) is 11.5 Å². The Morgan fingerprint density at radius 2 is 1.87 bits per heavy atom. The van der Waals surface area contributed by atoms with Crippen LogP contribution < -0.4 is 10.2 Å². The summed E-state index contributed by atoms with van der Waals surface area (Å²) in [6, 6.07) is 16.6. The number of aromatic nitrogens is 2. The van der Waals surface area contributed by atoms with E-state index < -0.39 is 9.84 Å². The predicted molar refractivity (Wildman–Crippen MR) is 125 cm³/mol. The summed E-state index contributed by atoms with van der Waals surface area (Å²) in [4.78, 5) is 24.0. The summed E-state index contributed by atoms with van der Waals surface area (Å²) in [6.45, 7) is 2.72. The first kappa shape index (κ1) is 21.6. The minimum absolute atomic E-state index is 0.00462. The largest absolute Gasteiger partial charge is 0.370 e. The van der Waals surface area contributed by atoms with Gasteiger partial charge < -0.3 is 10.2 Å². The van der Waals surface area contributed by atoms with Crippen LogP contribution in [0.5, 0.6) is 0 Å². The Balaban J connectivity index is 1.57. The van der Waals surface area contributed by atoms with Gasteiger partial charge >= 0.3 is 0 Å². The number of anilines is 2. The fourth-order valence-electron chi connectivity index (χ4n) is 3.74. The van der Waals surface area contributed by atoms with E-state index in [0.29, 0.717) is 17.3 Å². The van der Waals surface area contributed by atoms with Crippen molar-refractivity contribution in [3.8, 4) is 0 Å². The van der Waals surface area contributed by atoms with Gasteiger partial charge in [-0.2, -0.15) is 0 Å². The van der Waals surface area contributed by atoms with Crippen molar-refractivity contribution < 1.29 is 13.2 Å². The van der Waals surface area contributed by atoms with Crippen LogP contribution in [-0.2, 0) is 14.6 Å². The van der Waals surface area contributed by atoms with Gasteiger partial charge in [0.15, 0.2) is 15.0 Å². The molecule has 1 saturated heterocycles. The van der Waals surface area contributed by atoms with Crippen LogP contribution in [0.1, 0.15) is 13.3 Å². The first-order chi connectivity index (χ1) is 15.0. The minimum Gasteiger partial charge on any atom is -0.370 e. The lowest BCUT2D eigenvalue weighted by Crippen LogP contribution is -2.42. The highest BCUT2D eigenvalue weighted by atomic mass is 32.2. The van der Waals surface area contributed by atoms with Gasteiger partial charge in [0, 0.05) is 17.6 Å². The van der Waals surface area contributed by atoms with Crippen molar-refractivity contribution in [3.63, 3.8) is 0 Å². The second-order valence-electron chi connectivity index (χ2n) is 7.35. The number of nitrogens with zero attached hydrogens (tertiary/aromatic N) is 3. The molecule has 4 rings (SSSR count). The number of carbonyl (C=O) groups is 1. The molecule has 1 atom stereocenters. The molecule has 1 aliphatic heterocycles. The highest BCUT2D eigenvalue weighted by Crippen LogP contribution is 2.28. The number of fused-ring (bicyclic) bond motifs is 1. The average molecular weight is 457 g/mol. The van der Waals surface area contributed by atoms with Crippen molar-refractivity contribution in [1.29, 1.82) is 0 Å². The minimum atomic E-state index is -3.12. The average Bonchev–Trinajstić information content (AvgIpc) is 3.12. The van der Waals surface area contributed by atoms with E-state index in [-0.39, 0.29) is 29.2 Å². The van der Waals surface area contributed by atoms with Gasteiger partial charge in [0.05, 0.1) is 28.8 Å². The SMILES string of the molecule is CCNc1nc(SCC(=O)N(c2ccccc2)[C@@H]2CCS(=O)(=O)C2)nc2ccccc12. The number of benzene rings is 2. The molecule has 0 unspecified atom stereocenters. The van der Waals surface area contributed by atoms with Crippen LogP contribution >= 0.6 is 11.8 Å². The Hall–Kier alpha value is -2.65. The van der Waals surface area contributed by atoms with Gasteiger partial charge in [0.2, 0.25) is 5.91 Å². The monoisotopic (exact) mass is 456 g/mol. The molecule has 0 spiro atoms. The molecule has 7 nitrogen and oxygen atoms in total. The lowest BCUT2D eigenvalue weighted by Gasteiger charge is -2.28. The molecule has 0 aliphatic carbocycles. The van der Waals surface area contributed by atoms with Crippen molar-refractivity contribution in [1.82, 2.24) is 9.97 Å². The number of hydrogen-bond donors (Lipinski definition) is 1. The lowest BCUT2D eigenvalue weighted by molar-refractivity contribution is -0.116. The Morgan fingerprint density at radius 3 is 2.58 bits per heavy atom. The third kappa shape index (κ3) is 4.99.